The van der Waals surface area contributed by atoms with Gasteiger partial charge in [0.25, 0.3) is 0 Å². The molecule has 1 aliphatic rings. The number of Topliss-reactive ketones (excluding diaryl/α,β-unsaturated/α-hetero) is 1. The number of benzene rings is 1. The van der Waals surface area contributed by atoms with Crippen LogP contribution in [-0.2, 0) is 28.9 Å². The van der Waals surface area contributed by atoms with Crippen LogP contribution in [0.25, 0.3) is 11.3 Å². The Labute approximate surface area is 245 Å². The van der Waals surface area contributed by atoms with Crippen molar-refractivity contribution in [3.63, 3.8) is 0 Å². The van der Waals surface area contributed by atoms with E-state index < -0.39 is 5.82 Å². The van der Waals surface area contributed by atoms with E-state index in [1.54, 1.807) is 23.9 Å². The van der Waals surface area contributed by atoms with E-state index in [0.717, 1.165) is 29.7 Å². The van der Waals surface area contributed by atoms with Crippen molar-refractivity contribution in [1.29, 1.82) is 0 Å². The maximum Gasteiger partial charge on any atom is 0.306 e. The highest BCUT2D eigenvalue weighted by Crippen LogP contribution is 2.40. The molecule has 1 fully saturated rings. The smallest absolute Gasteiger partial charge is 0.306 e. The minimum atomic E-state index is -0.578. The van der Waals surface area contributed by atoms with E-state index in [1.807, 2.05) is 10.6 Å². The number of imidazole rings is 1. The fraction of sp³-hybridized carbons (Fsp3) is 0.379. The molecular weight excluding hydrogens is 557 g/mol. The summed E-state index contributed by atoms with van der Waals surface area (Å²) >= 11 is 0. The van der Waals surface area contributed by atoms with Crippen molar-refractivity contribution in [2.75, 3.05) is 13.7 Å². The number of nitrogens with zero attached hydrogens (tertiary/aromatic N) is 9. The zero-order valence-electron chi connectivity index (χ0n) is 23.8. The van der Waals surface area contributed by atoms with E-state index in [0.29, 0.717) is 31.2 Å². The number of hydrogen-bond donors (Lipinski definition) is 0. The van der Waals surface area contributed by atoms with Crippen LogP contribution in [0.1, 0.15) is 71.4 Å². The molecule has 0 aliphatic heterocycles. The molecule has 0 bridgehead atoms. The molecule has 4 heterocycles. The van der Waals surface area contributed by atoms with Crippen LogP contribution < -0.4 is 4.74 Å². The first-order valence-corrected chi connectivity index (χ1v) is 14.1. The Hall–Kier alpha value is -5.01. The van der Waals surface area contributed by atoms with E-state index >= 15 is 4.39 Å². The summed E-state index contributed by atoms with van der Waals surface area (Å²) < 4.78 is 30.3. The Morgan fingerprint density at radius 3 is 2.70 bits per heavy atom. The van der Waals surface area contributed by atoms with Crippen molar-refractivity contribution < 1.29 is 23.5 Å². The third kappa shape index (κ3) is 6.12. The average Bonchev–Trinajstić information content (AvgIpc) is 3.34. The van der Waals surface area contributed by atoms with Gasteiger partial charge in [-0.05, 0) is 72.2 Å². The number of esters is 1. The number of hydrogen-bond acceptors (Lipinski definition) is 10. The molecule has 6 rings (SSSR count). The zero-order chi connectivity index (χ0) is 29.9. The number of fused-ring (bicyclic) bond motifs is 1. The molecule has 0 unspecified atom stereocenters. The van der Waals surface area contributed by atoms with E-state index in [9.17, 15) is 9.59 Å². The van der Waals surface area contributed by atoms with Crippen LogP contribution in [-0.4, -0.2) is 70.1 Å². The maximum absolute atomic E-state index is 15.2. The predicted octanol–water partition coefficient (Wildman–Crippen LogP) is 3.29. The van der Waals surface area contributed by atoms with Crippen LogP contribution in [0.3, 0.4) is 0 Å². The molecule has 0 saturated heterocycles. The molecule has 0 amide bonds. The third-order valence-electron chi connectivity index (χ3n) is 7.40. The van der Waals surface area contributed by atoms with Crippen molar-refractivity contribution in [3.8, 4) is 11.4 Å². The molecule has 43 heavy (non-hydrogen) atoms. The largest absolute Gasteiger partial charge is 0.494 e. The fourth-order valence-electron chi connectivity index (χ4n) is 5.12. The van der Waals surface area contributed by atoms with Gasteiger partial charge in [-0.1, -0.05) is 11.3 Å². The second kappa shape index (κ2) is 12.1. The molecule has 0 atom stereocenters. The second-order valence-electron chi connectivity index (χ2n) is 10.4. The minimum Gasteiger partial charge on any atom is -0.494 e. The van der Waals surface area contributed by atoms with Gasteiger partial charge in [0.05, 0.1) is 37.8 Å². The van der Waals surface area contributed by atoms with E-state index in [2.05, 4.69) is 38.1 Å². The first-order chi connectivity index (χ1) is 20.9. The molecular formula is C29H30FN9O4. The van der Waals surface area contributed by atoms with Crippen LogP contribution in [0.2, 0.25) is 0 Å². The van der Waals surface area contributed by atoms with Crippen molar-refractivity contribution in [3.05, 3.63) is 77.0 Å². The molecule has 1 aromatic carbocycles. The van der Waals surface area contributed by atoms with Crippen LogP contribution in [0, 0.1) is 5.82 Å². The van der Waals surface area contributed by atoms with Crippen LogP contribution in [0.15, 0.2) is 43.1 Å². The number of rotatable bonds is 13. The van der Waals surface area contributed by atoms with Crippen LogP contribution in [0.5, 0.6) is 5.75 Å². The lowest BCUT2D eigenvalue weighted by atomic mass is 10.0. The lowest BCUT2D eigenvalue weighted by Gasteiger charge is -2.12. The van der Waals surface area contributed by atoms with Gasteiger partial charge in [0.15, 0.2) is 17.3 Å². The van der Waals surface area contributed by atoms with E-state index in [4.69, 9.17) is 14.5 Å². The van der Waals surface area contributed by atoms with E-state index in [1.165, 1.54) is 29.7 Å². The standard InChI is InChI=1S/C29H30FN9O4/c1-3-43-27(41)11-6-19-12-20(18-4-5-18)13-37-14-21(32-29(19)37)15-38-16-23(33-35-38)25(40)9-7-22-24(39-17-31-34-36-39)8-10-26(42-2)28(22)30/h8,10,12-14,16-18H,3-7,9,11,15H2,1-2H3. The second-order valence-corrected chi connectivity index (χ2v) is 10.4. The van der Waals surface area contributed by atoms with Gasteiger partial charge >= 0.3 is 5.97 Å². The highest BCUT2D eigenvalue weighted by molar-refractivity contribution is 5.94. The normalized spacial score (nSPS) is 13.0. The molecule has 0 N–H and O–H groups in total. The van der Waals surface area contributed by atoms with Gasteiger partial charge < -0.3 is 13.9 Å². The lowest BCUT2D eigenvalue weighted by molar-refractivity contribution is -0.143. The number of pyridine rings is 1. The molecule has 5 aromatic rings. The summed E-state index contributed by atoms with van der Waals surface area (Å²) in [7, 11) is 1.38. The molecule has 14 heteroatoms. The summed E-state index contributed by atoms with van der Waals surface area (Å²) in [4.78, 5) is 29.8. The highest BCUT2D eigenvalue weighted by atomic mass is 19.1. The van der Waals surface area contributed by atoms with Gasteiger partial charge in [-0.2, -0.15) is 0 Å². The van der Waals surface area contributed by atoms with Gasteiger partial charge in [-0.3, -0.25) is 9.59 Å². The summed E-state index contributed by atoms with van der Waals surface area (Å²) in [6.45, 7) is 2.45. The molecule has 0 radical (unpaired) electrons. The summed E-state index contributed by atoms with van der Waals surface area (Å²) in [5.41, 5.74) is 4.57. The number of methoxy groups -OCH3 is 1. The Bertz CT molecular complexity index is 1780. The summed E-state index contributed by atoms with van der Waals surface area (Å²) in [5.74, 6) is -0.502. The molecule has 13 nitrogen and oxygen atoms in total. The SMILES string of the molecule is CCOC(=O)CCc1cc(C2CC2)cn2cc(Cn3cc(C(=O)CCc4c(-n5cnnn5)ccc(OC)c4F)nn3)nc12. The quantitative estimate of drug-likeness (QED) is 0.149. The number of ketones is 1. The molecule has 0 spiro atoms. The Morgan fingerprint density at radius 1 is 1.09 bits per heavy atom. The molecule has 1 aliphatic carbocycles. The Balaban J connectivity index is 1.17. The number of halogens is 1. The maximum atomic E-state index is 15.2. The number of ether oxygens (including phenoxy) is 2. The lowest BCUT2D eigenvalue weighted by Crippen LogP contribution is -2.08. The Morgan fingerprint density at radius 2 is 1.95 bits per heavy atom. The molecule has 4 aromatic heterocycles. The first kappa shape index (κ1) is 28.1. The third-order valence-corrected chi connectivity index (χ3v) is 7.40. The number of aryl methyl sites for hydroxylation is 1. The predicted molar refractivity (Wildman–Crippen MR) is 150 cm³/mol. The number of aromatic nitrogens is 9. The summed E-state index contributed by atoms with van der Waals surface area (Å²) in [5, 5.41) is 19.3. The van der Waals surface area contributed by atoms with E-state index in [-0.39, 0.29) is 48.0 Å². The first-order valence-electron chi connectivity index (χ1n) is 14.1. The Kier molecular flexibility index (Phi) is 7.90. The van der Waals surface area contributed by atoms with Crippen molar-refractivity contribution in [2.45, 2.75) is 57.9 Å². The number of carbonyl (C=O) groups is 2. The minimum absolute atomic E-state index is 0.0138. The van der Waals surface area contributed by atoms with Crippen molar-refractivity contribution >= 4 is 17.4 Å². The zero-order valence-corrected chi connectivity index (χ0v) is 23.8. The van der Waals surface area contributed by atoms with Gasteiger partial charge in [0.1, 0.15) is 17.7 Å². The van der Waals surface area contributed by atoms with Gasteiger partial charge in [0.2, 0.25) is 0 Å². The van der Waals surface area contributed by atoms with Gasteiger partial charge in [-0.25, -0.2) is 18.7 Å². The van der Waals surface area contributed by atoms with Crippen LogP contribution in [0.4, 0.5) is 4.39 Å². The molecule has 222 valence electrons. The number of tetrazole rings is 1. The summed E-state index contributed by atoms with van der Waals surface area (Å²) in [6, 6.07) is 5.27. The van der Waals surface area contributed by atoms with Gasteiger partial charge in [0, 0.05) is 30.8 Å². The average molecular weight is 588 g/mol. The molecule has 1 saturated carbocycles. The van der Waals surface area contributed by atoms with Crippen molar-refractivity contribution in [2.24, 2.45) is 0 Å². The number of carbonyl (C=O) groups excluding carboxylic acids is 2. The van der Waals surface area contributed by atoms with Crippen LogP contribution >= 0.6 is 0 Å². The fourth-order valence-corrected chi connectivity index (χ4v) is 5.12. The van der Waals surface area contributed by atoms with Gasteiger partial charge in [-0.15, -0.1) is 10.2 Å². The van der Waals surface area contributed by atoms with Crippen molar-refractivity contribution in [1.82, 2.24) is 44.6 Å². The topological polar surface area (TPSA) is 144 Å². The monoisotopic (exact) mass is 587 g/mol. The summed E-state index contributed by atoms with van der Waals surface area (Å²) in [6.07, 6.45) is 10.1. The highest BCUT2D eigenvalue weighted by Gasteiger charge is 2.25.